The first-order valence-corrected chi connectivity index (χ1v) is 8.15. The van der Waals surface area contributed by atoms with E-state index in [4.69, 9.17) is 11.6 Å². The topological polar surface area (TPSA) is 34.0 Å². The van der Waals surface area contributed by atoms with Crippen LogP contribution < -0.4 is 5.32 Å². The average Bonchev–Trinajstić information content (AvgIpc) is 3.07. The molecule has 22 heavy (non-hydrogen) atoms. The summed E-state index contributed by atoms with van der Waals surface area (Å²) in [5.74, 6) is -0.0923. The summed E-state index contributed by atoms with van der Waals surface area (Å²) in [4.78, 5) is 12.3. The highest BCUT2D eigenvalue weighted by Crippen LogP contribution is 2.26. The number of fused-ring (bicyclic) bond motifs is 1. The van der Waals surface area contributed by atoms with Gasteiger partial charge in [0.05, 0.1) is 10.2 Å². The summed E-state index contributed by atoms with van der Waals surface area (Å²) in [7, 11) is 0. The summed E-state index contributed by atoms with van der Waals surface area (Å²) in [5, 5.41) is 5.57. The van der Waals surface area contributed by atoms with Gasteiger partial charge in [-0.1, -0.05) is 29.8 Å². The Morgan fingerprint density at radius 2 is 2.23 bits per heavy atom. The Kier molecular flexibility index (Phi) is 4.32. The fourth-order valence-corrected chi connectivity index (χ4v) is 3.44. The molecule has 0 fully saturated rings. The van der Waals surface area contributed by atoms with Crippen LogP contribution in [-0.4, -0.2) is 17.0 Å². The van der Waals surface area contributed by atoms with Crippen molar-refractivity contribution in [1.29, 1.82) is 0 Å². The molecule has 0 bridgehead atoms. The molecular formula is C17H15ClN2OS. The van der Waals surface area contributed by atoms with Crippen molar-refractivity contribution in [2.45, 2.75) is 6.54 Å². The standard InChI is InChI=1S/C17H15ClN2OS/c1-2-7-19-17(21)15-10-16-14(6-8-22-16)20(15)11-12-4-3-5-13(18)9-12/h2-6,8-10H,1,7,11H2,(H,19,21). The Morgan fingerprint density at radius 3 is 3.00 bits per heavy atom. The number of nitrogens with one attached hydrogen (secondary N) is 1. The van der Waals surface area contributed by atoms with Gasteiger partial charge in [0.1, 0.15) is 5.69 Å². The lowest BCUT2D eigenvalue weighted by molar-refractivity contribution is 0.0949. The highest BCUT2D eigenvalue weighted by Gasteiger charge is 2.16. The predicted molar refractivity (Wildman–Crippen MR) is 92.9 cm³/mol. The average molecular weight is 331 g/mol. The van der Waals surface area contributed by atoms with Crippen molar-refractivity contribution in [2.24, 2.45) is 0 Å². The Balaban J connectivity index is 2.00. The summed E-state index contributed by atoms with van der Waals surface area (Å²) in [6, 6.07) is 11.7. The van der Waals surface area contributed by atoms with Crippen molar-refractivity contribution in [2.75, 3.05) is 6.54 Å². The van der Waals surface area contributed by atoms with Crippen molar-refractivity contribution >= 4 is 39.1 Å². The molecular weight excluding hydrogens is 316 g/mol. The molecule has 5 heteroatoms. The fourth-order valence-electron chi connectivity index (χ4n) is 2.41. The summed E-state index contributed by atoms with van der Waals surface area (Å²) < 4.78 is 3.13. The third kappa shape index (κ3) is 2.93. The summed E-state index contributed by atoms with van der Waals surface area (Å²) in [6.45, 7) is 4.69. The van der Waals surface area contributed by atoms with E-state index in [1.807, 2.05) is 46.3 Å². The Bertz CT molecular complexity index is 834. The van der Waals surface area contributed by atoms with Gasteiger partial charge in [-0.3, -0.25) is 4.79 Å². The highest BCUT2D eigenvalue weighted by atomic mass is 35.5. The van der Waals surface area contributed by atoms with Gasteiger partial charge in [-0.05, 0) is 35.2 Å². The molecule has 0 aliphatic heterocycles. The molecule has 0 spiro atoms. The SMILES string of the molecule is C=CCNC(=O)c1cc2sccc2n1Cc1cccc(Cl)c1. The Labute approximate surface area is 137 Å². The van der Waals surface area contributed by atoms with Gasteiger partial charge in [-0.2, -0.15) is 0 Å². The van der Waals surface area contributed by atoms with Crippen LogP contribution in [-0.2, 0) is 6.54 Å². The molecule has 0 aliphatic carbocycles. The number of benzene rings is 1. The zero-order valence-electron chi connectivity index (χ0n) is 11.9. The first-order chi connectivity index (χ1) is 10.7. The predicted octanol–water partition coefficient (Wildman–Crippen LogP) is 4.32. The minimum absolute atomic E-state index is 0.0923. The van der Waals surface area contributed by atoms with Gasteiger partial charge in [0.15, 0.2) is 0 Å². The lowest BCUT2D eigenvalue weighted by atomic mass is 10.2. The van der Waals surface area contributed by atoms with Crippen LogP contribution in [0.5, 0.6) is 0 Å². The van der Waals surface area contributed by atoms with Crippen LogP contribution in [0.25, 0.3) is 10.2 Å². The van der Waals surface area contributed by atoms with Gasteiger partial charge in [0.25, 0.3) is 5.91 Å². The highest BCUT2D eigenvalue weighted by molar-refractivity contribution is 7.17. The number of halogens is 1. The second-order valence-electron chi connectivity index (χ2n) is 4.91. The molecule has 3 nitrogen and oxygen atoms in total. The van der Waals surface area contributed by atoms with Crippen molar-refractivity contribution in [3.05, 3.63) is 70.7 Å². The normalized spacial score (nSPS) is 10.8. The van der Waals surface area contributed by atoms with E-state index in [2.05, 4.69) is 11.9 Å². The fraction of sp³-hybridized carbons (Fsp3) is 0.118. The molecule has 0 saturated carbocycles. The minimum atomic E-state index is -0.0923. The molecule has 0 saturated heterocycles. The summed E-state index contributed by atoms with van der Waals surface area (Å²) in [5.41, 5.74) is 2.78. The zero-order valence-corrected chi connectivity index (χ0v) is 13.5. The number of hydrogen-bond donors (Lipinski definition) is 1. The van der Waals surface area contributed by atoms with E-state index >= 15 is 0 Å². The number of rotatable bonds is 5. The van der Waals surface area contributed by atoms with E-state index in [1.165, 1.54) is 0 Å². The van der Waals surface area contributed by atoms with Crippen LogP contribution in [0.1, 0.15) is 16.1 Å². The van der Waals surface area contributed by atoms with Crippen LogP contribution in [0.3, 0.4) is 0 Å². The summed E-state index contributed by atoms with van der Waals surface area (Å²) in [6.07, 6.45) is 1.67. The van der Waals surface area contributed by atoms with Crippen LogP contribution in [0.4, 0.5) is 0 Å². The van der Waals surface area contributed by atoms with Crippen LogP contribution in [0.15, 0.2) is 54.4 Å². The number of amides is 1. The van der Waals surface area contributed by atoms with Gasteiger partial charge >= 0.3 is 0 Å². The lowest BCUT2D eigenvalue weighted by Crippen LogP contribution is -2.26. The van der Waals surface area contributed by atoms with Crippen LogP contribution in [0.2, 0.25) is 5.02 Å². The van der Waals surface area contributed by atoms with Crippen molar-refractivity contribution in [1.82, 2.24) is 9.88 Å². The van der Waals surface area contributed by atoms with Crippen molar-refractivity contribution < 1.29 is 4.79 Å². The van der Waals surface area contributed by atoms with E-state index in [-0.39, 0.29) is 5.91 Å². The quantitative estimate of drug-likeness (QED) is 0.694. The molecule has 0 radical (unpaired) electrons. The first kappa shape index (κ1) is 14.9. The van der Waals surface area contributed by atoms with Gasteiger partial charge in [-0.15, -0.1) is 17.9 Å². The maximum atomic E-state index is 12.3. The number of thiophene rings is 1. The van der Waals surface area contributed by atoms with Gasteiger partial charge in [0, 0.05) is 18.1 Å². The molecule has 0 unspecified atom stereocenters. The Hall–Kier alpha value is -2.04. The lowest BCUT2D eigenvalue weighted by Gasteiger charge is -2.10. The van der Waals surface area contributed by atoms with E-state index in [0.29, 0.717) is 23.8 Å². The molecule has 2 heterocycles. The second kappa shape index (κ2) is 6.38. The molecule has 2 aromatic heterocycles. The maximum absolute atomic E-state index is 12.3. The molecule has 1 aromatic carbocycles. The summed E-state index contributed by atoms with van der Waals surface area (Å²) >= 11 is 7.69. The van der Waals surface area contributed by atoms with Gasteiger partial charge < -0.3 is 9.88 Å². The largest absolute Gasteiger partial charge is 0.347 e. The number of aromatic nitrogens is 1. The number of carbonyl (C=O) groups is 1. The van der Waals surface area contributed by atoms with Crippen LogP contribution in [0, 0.1) is 0 Å². The molecule has 112 valence electrons. The van der Waals surface area contributed by atoms with Crippen LogP contribution >= 0.6 is 22.9 Å². The first-order valence-electron chi connectivity index (χ1n) is 6.89. The monoisotopic (exact) mass is 330 g/mol. The molecule has 0 atom stereocenters. The number of carbonyl (C=O) groups excluding carboxylic acids is 1. The third-order valence-corrected chi connectivity index (χ3v) is 4.48. The zero-order chi connectivity index (χ0) is 15.5. The van der Waals surface area contributed by atoms with Gasteiger partial charge in [-0.25, -0.2) is 0 Å². The molecule has 3 rings (SSSR count). The molecule has 1 amide bonds. The number of hydrogen-bond acceptors (Lipinski definition) is 2. The van der Waals surface area contributed by atoms with Crippen molar-refractivity contribution in [3.63, 3.8) is 0 Å². The smallest absolute Gasteiger partial charge is 0.268 e. The molecule has 0 aliphatic rings. The number of nitrogens with zero attached hydrogens (tertiary/aromatic N) is 1. The minimum Gasteiger partial charge on any atom is -0.347 e. The van der Waals surface area contributed by atoms with E-state index in [9.17, 15) is 4.79 Å². The van der Waals surface area contributed by atoms with E-state index in [0.717, 1.165) is 15.8 Å². The van der Waals surface area contributed by atoms with Gasteiger partial charge in [0.2, 0.25) is 0 Å². The maximum Gasteiger partial charge on any atom is 0.268 e. The Morgan fingerprint density at radius 1 is 1.36 bits per heavy atom. The molecule has 1 N–H and O–H groups in total. The third-order valence-electron chi connectivity index (χ3n) is 3.39. The van der Waals surface area contributed by atoms with E-state index in [1.54, 1.807) is 17.4 Å². The van der Waals surface area contributed by atoms with Crippen molar-refractivity contribution in [3.8, 4) is 0 Å². The van der Waals surface area contributed by atoms with E-state index < -0.39 is 0 Å². The molecule has 3 aromatic rings. The second-order valence-corrected chi connectivity index (χ2v) is 6.30.